The summed E-state index contributed by atoms with van der Waals surface area (Å²) >= 11 is 0. The minimum Gasteiger partial charge on any atom is -0.356 e. The fourth-order valence-electron chi connectivity index (χ4n) is 3.72. The van der Waals surface area contributed by atoms with Crippen LogP contribution in [-0.4, -0.2) is 40.9 Å². The molecule has 0 bridgehead atoms. The molecule has 1 aromatic heterocycles. The first-order valence-corrected chi connectivity index (χ1v) is 9.03. The van der Waals surface area contributed by atoms with E-state index in [0.717, 1.165) is 25.8 Å². The van der Waals surface area contributed by atoms with Crippen LogP contribution >= 0.6 is 0 Å². The van der Waals surface area contributed by atoms with Gasteiger partial charge in [0.2, 0.25) is 17.8 Å². The van der Waals surface area contributed by atoms with Crippen molar-refractivity contribution in [3.05, 3.63) is 15.9 Å². The number of hydrogen-bond donors (Lipinski definition) is 3. The number of carbonyl (C=O) groups excluding carboxylic acids is 2. The number of nitrogens with one attached hydrogen (secondary N) is 3. The van der Waals surface area contributed by atoms with Crippen LogP contribution in [0.3, 0.4) is 0 Å². The minimum absolute atomic E-state index is 0.0375. The van der Waals surface area contributed by atoms with Gasteiger partial charge in [0, 0.05) is 25.6 Å². The predicted octanol–water partition coefficient (Wildman–Crippen LogP) is 1.10. The van der Waals surface area contributed by atoms with Gasteiger partial charge in [0.1, 0.15) is 5.82 Å². The van der Waals surface area contributed by atoms with Crippen LogP contribution in [0.4, 0.5) is 11.8 Å². The summed E-state index contributed by atoms with van der Waals surface area (Å²) in [4.78, 5) is 46.4. The SMILES string of the molecule is CCNC(=O)C1CC(=O)Nc2nc(N3CCCCC3CC)[nH]c(=O)c21. The molecule has 2 amide bonds. The van der Waals surface area contributed by atoms with E-state index in [1.54, 1.807) is 6.92 Å². The smallest absolute Gasteiger partial charge is 0.258 e. The predicted molar refractivity (Wildman–Crippen MR) is 94.8 cm³/mol. The number of nitrogens with zero attached hydrogens (tertiary/aromatic N) is 2. The Labute approximate surface area is 146 Å². The first kappa shape index (κ1) is 17.4. The molecule has 8 heteroatoms. The molecule has 2 aliphatic rings. The van der Waals surface area contributed by atoms with Crippen molar-refractivity contribution >= 4 is 23.6 Å². The quantitative estimate of drug-likeness (QED) is 0.756. The zero-order chi connectivity index (χ0) is 18.0. The topological polar surface area (TPSA) is 107 Å². The van der Waals surface area contributed by atoms with Gasteiger partial charge in [-0.3, -0.25) is 19.4 Å². The molecule has 0 spiro atoms. The number of likely N-dealkylation sites (N-methyl/N-ethyl adjacent to an activating group) is 1. The van der Waals surface area contributed by atoms with Crippen LogP contribution in [0.1, 0.15) is 57.4 Å². The van der Waals surface area contributed by atoms with Crippen molar-refractivity contribution < 1.29 is 9.59 Å². The number of carbonyl (C=O) groups is 2. The zero-order valence-electron chi connectivity index (χ0n) is 14.7. The van der Waals surface area contributed by atoms with Gasteiger partial charge in [-0.05, 0) is 32.6 Å². The van der Waals surface area contributed by atoms with Crippen molar-refractivity contribution in [2.24, 2.45) is 0 Å². The average Bonchev–Trinajstić information content (AvgIpc) is 2.60. The van der Waals surface area contributed by atoms with Crippen LogP contribution in [-0.2, 0) is 9.59 Å². The first-order chi connectivity index (χ1) is 12.0. The Morgan fingerprint density at radius 2 is 2.12 bits per heavy atom. The first-order valence-electron chi connectivity index (χ1n) is 9.03. The van der Waals surface area contributed by atoms with Crippen molar-refractivity contribution in [3.63, 3.8) is 0 Å². The van der Waals surface area contributed by atoms with E-state index in [1.165, 1.54) is 6.42 Å². The molecule has 0 saturated carbocycles. The summed E-state index contributed by atoms with van der Waals surface area (Å²) < 4.78 is 0. The lowest BCUT2D eigenvalue weighted by molar-refractivity contribution is -0.126. The summed E-state index contributed by atoms with van der Waals surface area (Å²) in [5.74, 6) is -0.710. The summed E-state index contributed by atoms with van der Waals surface area (Å²) in [5.41, 5.74) is -0.101. The Bertz CT molecular complexity index is 729. The van der Waals surface area contributed by atoms with Crippen molar-refractivity contribution in [2.45, 2.75) is 57.9 Å². The normalized spacial score (nSPS) is 23.0. The molecule has 1 saturated heterocycles. The van der Waals surface area contributed by atoms with Crippen LogP contribution in [0.2, 0.25) is 0 Å². The van der Waals surface area contributed by atoms with E-state index in [2.05, 4.69) is 32.4 Å². The summed E-state index contributed by atoms with van der Waals surface area (Å²) in [6, 6.07) is 0.327. The summed E-state index contributed by atoms with van der Waals surface area (Å²) in [7, 11) is 0. The zero-order valence-corrected chi connectivity index (χ0v) is 14.7. The van der Waals surface area contributed by atoms with E-state index in [1.807, 2.05) is 0 Å². The third-order valence-electron chi connectivity index (χ3n) is 4.98. The second-order valence-electron chi connectivity index (χ2n) is 6.60. The molecule has 2 aliphatic heterocycles. The molecule has 1 fully saturated rings. The maximum Gasteiger partial charge on any atom is 0.258 e. The summed E-state index contributed by atoms with van der Waals surface area (Å²) in [5, 5.41) is 5.35. The average molecular weight is 347 g/mol. The third-order valence-corrected chi connectivity index (χ3v) is 4.98. The molecular formula is C17H25N5O3. The van der Waals surface area contributed by atoms with Crippen molar-refractivity contribution in [1.29, 1.82) is 0 Å². The molecule has 3 heterocycles. The molecule has 136 valence electrons. The standard InChI is InChI=1S/C17H25N5O3/c1-3-10-7-5-6-8-22(10)17-20-14-13(16(25)21-17)11(9-12(23)19-14)15(24)18-4-2/h10-11H,3-9H2,1-2H3,(H,18,24)(H2,19,20,21,23,25). The highest BCUT2D eigenvalue weighted by Crippen LogP contribution is 2.30. The van der Waals surface area contributed by atoms with Crippen LogP contribution < -0.4 is 21.1 Å². The molecule has 2 unspecified atom stereocenters. The van der Waals surface area contributed by atoms with Gasteiger partial charge >= 0.3 is 0 Å². The number of fused-ring (bicyclic) bond motifs is 1. The maximum absolute atomic E-state index is 12.7. The minimum atomic E-state index is -0.794. The second-order valence-corrected chi connectivity index (χ2v) is 6.60. The van der Waals surface area contributed by atoms with Crippen LogP contribution in [0, 0.1) is 0 Å². The van der Waals surface area contributed by atoms with Crippen molar-refractivity contribution in [3.8, 4) is 0 Å². The number of rotatable bonds is 4. The van der Waals surface area contributed by atoms with Gasteiger partial charge in [0.25, 0.3) is 5.56 Å². The molecule has 3 N–H and O–H groups in total. The molecule has 1 aromatic rings. The highest BCUT2D eigenvalue weighted by Gasteiger charge is 2.35. The van der Waals surface area contributed by atoms with E-state index in [4.69, 9.17) is 0 Å². The van der Waals surface area contributed by atoms with E-state index in [0.29, 0.717) is 18.5 Å². The monoisotopic (exact) mass is 347 g/mol. The van der Waals surface area contributed by atoms with Gasteiger partial charge in [-0.25, -0.2) is 0 Å². The molecule has 8 nitrogen and oxygen atoms in total. The molecular weight excluding hydrogens is 322 g/mol. The lowest BCUT2D eigenvalue weighted by Crippen LogP contribution is -2.43. The number of hydrogen-bond acceptors (Lipinski definition) is 5. The van der Waals surface area contributed by atoms with Crippen molar-refractivity contribution in [1.82, 2.24) is 15.3 Å². The number of amides is 2. The summed E-state index contributed by atoms with van der Waals surface area (Å²) in [6.07, 6.45) is 4.20. The van der Waals surface area contributed by atoms with Crippen molar-refractivity contribution in [2.75, 3.05) is 23.3 Å². The van der Waals surface area contributed by atoms with Crippen LogP contribution in [0.25, 0.3) is 0 Å². The van der Waals surface area contributed by atoms with Gasteiger partial charge in [-0.15, -0.1) is 0 Å². The lowest BCUT2D eigenvalue weighted by Gasteiger charge is -2.36. The van der Waals surface area contributed by atoms with E-state index < -0.39 is 5.92 Å². The Morgan fingerprint density at radius 1 is 1.32 bits per heavy atom. The number of aromatic amines is 1. The van der Waals surface area contributed by atoms with Crippen LogP contribution in [0.15, 0.2) is 4.79 Å². The second kappa shape index (κ2) is 7.25. The Hall–Kier alpha value is -2.38. The number of aromatic nitrogens is 2. The lowest BCUT2D eigenvalue weighted by atomic mass is 9.92. The van der Waals surface area contributed by atoms with Gasteiger partial charge in [0.15, 0.2) is 0 Å². The van der Waals surface area contributed by atoms with Crippen LogP contribution in [0.5, 0.6) is 0 Å². The van der Waals surface area contributed by atoms with Gasteiger partial charge in [-0.1, -0.05) is 6.92 Å². The number of anilines is 2. The van der Waals surface area contributed by atoms with Gasteiger partial charge in [-0.2, -0.15) is 4.98 Å². The largest absolute Gasteiger partial charge is 0.356 e. The molecule has 0 radical (unpaired) electrons. The Kier molecular flexibility index (Phi) is 5.06. The van der Waals surface area contributed by atoms with Gasteiger partial charge < -0.3 is 15.5 Å². The van der Waals surface area contributed by atoms with E-state index >= 15 is 0 Å². The Balaban J connectivity index is 2.00. The highest BCUT2D eigenvalue weighted by atomic mass is 16.2. The summed E-state index contributed by atoms with van der Waals surface area (Å²) in [6.45, 7) is 5.19. The van der Waals surface area contributed by atoms with E-state index in [-0.39, 0.29) is 35.2 Å². The number of H-pyrrole nitrogens is 1. The highest BCUT2D eigenvalue weighted by molar-refractivity contribution is 6.00. The molecule has 0 aromatic carbocycles. The van der Waals surface area contributed by atoms with Gasteiger partial charge in [0.05, 0.1) is 11.5 Å². The fraction of sp³-hybridized carbons (Fsp3) is 0.647. The third kappa shape index (κ3) is 3.38. The Morgan fingerprint density at radius 3 is 2.84 bits per heavy atom. The van der Waals surface area contributed by atoms with E-state index in [9.17, 15) is 14.4 Å². The maximum atomic E-state index is 12.7. The fourth-order valence-corrected chi connectivity index (χ4v) is 3.72. The number of piperidine rings is 1. The molecule has 3 rings (SSSR count). The molecule has 2 atom stereocenters. The molecule has 25 heavy (non-hydrogen) atoms. The molecule has 0 aliphatic carbocycles.